The fourth-order valence-corrected chi connectivity index (χ4v) is 2.21. The Bertz CT molecular complexity index is 705. The number of hydrogen-bond donors (Lipinski definition) is 3. The molecule has 7 heteroatoms. The Balaban J connectivity index is 1.82. The first kappa shape index (κ1) is 18.4. The van der Waals surface area contributed by atoms with Crippen LogP contribution in [0, 0.1) is 6.92 Å². The molecule has 128 valence electrons. The Morgan fingerprint density at radius 2 is 1.96 bits per heavy atom. The maximum Gasteiger partial charge on any atom is 0.193 e. The van der Waals surface area contributed by atoms with Gasteiger partial charge in [0.1, 0.15) is 23.5 Å². The highest BCUT2D eigenvalue weighted by Crippen LogP contribution is 2.31. The normalized spacial score (nSPS) is 12.8. The molecule has 0 aliphatic carbocycles. The summed E-state index contributed by atoms with van der Waals surface area (Å²) in [6, 6.07) is 12.8. The van der Waals surface area contributed by atoms with Gasteiger partial charge in [-0.3, -0.25) is 4.99 Å². The Kier molecular flexibility index (Phi) is 6.73. The third-order valence-electron chi connectivity index (χ3n) is 3.14. The van der Waals surface area contributed by atoms with E-state index in [-0.39, 0.29) is 19.1 Å². The average Bonchev–Trinajstić information content (AvgIpc) is 2.56. The number of nitrogens with one attached hydrogen (secondary N) is 1. The topological polar surface area (TPSA) is 79.9 Å². The summed E-state index contributed by atoms with van der Waals surface area (Å²) in [7, 11) is 0. The lowest BCUT2D eigenvalue weighted by Crippen LogP contribution is -2.27. The van der Waals surface area contributed by atoms with Crippen molar-refractivity contribution >= 4 is 34.8 Å². The fourth-order valence-electron chi connectivity index (χ4n) is 1.86. The number of nitrogens with two attached hydrogens (primary N) is 1. The quantitative estimate of drug-likeness (QED) is 0.539. The van der Waals surface area contributed by atoms with E-state index in [2.05, 4.69) is 10.3 Å². The van der Waals surface area contributed by atoms with Gasteiger partial charge in [-0.2, -0.15) is 0 Å². The van der Waals surface area contributed by atoms with Crippen LogP contribution in [-0.4, -0.2) is 30.3 Å². The van der Waals surface area contributed by atoms with Gasteiger partial charge in [0, 0.05) is 5.69 Å². The van der Waals surface area contributed by atoms with Crippen LogP contribution in [0.15, 0.2) is 47.5 Å². The zero-order valence-electron chi connectivity index (χ0n) is 13.2. The molecule has 4 N–H and O–H groups in total. The Morgan fingerprint density at radius 3 is 2.67 bits per heavy atom. The van der Waals surface area contributed by atoms with Crippen LogP contribution in [-0.2, 0) is 0 Å². The molecular formula is C17H19Cl2N3O2. The van der Waals surface area contributed by atoms with E-state index in [0.717, 1.165) is 11.3 Å². The first-order valence-corrected chi connectivity index (χ1v) is 8.10. The largest absolute Gasteiger partial charge is 0.489 e. The molecule has 0 aliphatic heterocycles. The molecule has 0 saturated heterocycles. The molecule has 0 fully saturated rings. The van der Waals surface area contributed by atoms with E-state index in [1.54, 1.807) is 18.2 Å². The van der Waals surface area contributed by atoms with Crippen LogP contribution in [0.3, 0.4) is 0 Å². The van der Waals surface area contributed by atoms with Crippen LogP contribution in [0.25, 0.3) is 0 Å². The van der Waals surface area contributed by atoms with Crippen LogP contribution in [0.4, 0.5) is 5.69 Å². The zero-order valence-corrected chi connectivity index (χ0v) is 14.7. The van der Waals surface area contributed by atoms with Crippen molar-refractivity contribution in [2.45, 2.75) is 13.0 Å². The standard InChI is InChI=1S/C17H19Cl2N3O2/c1-11-5-7-12(8-6-11)22-17(20)21-9-13(23)10-24-15-4-2-3-14(18)16(15)19/h2-8,13,23H,9-10H2,1H3,(H3,20,21,22). The van der Waals surface area contributed by atoms with Gasteiger partial charge in [0.15, 0.2) is 5.96 Å². The number of aliphatic hydroxyl groups is 1. The third-order valence-corrected chi connectivity index (χ3v) is 3.95. The van der Waals surface area contributed by atoms with Crippen molar-refractivity contribution in [3.8, 4) is 5.75 Å². The van der Waals surface area contributed by atoms with E-state index >= 15 is 0 Å². The minimum Gasteiger partial charge on any atom is -0.489 e. The molecule has 2 rings (SSSR count). The first-order chi connectivity index (χ1) is 11.5. The Morgan fingerprint density at radius 1 is 1.25 bits per heavy atom. The predicted octanol–water partition coefficient (Wildman–Crippen LogP) is 3.47. The molecule has 0 saturated carbocycles. The van der Waals surface area contributed by atoms with Gasteiger partial charge in [-0.05, 0) is 31.2 Å². The molecule has 0 amide bonds. The van der Waals surface area contributed by atoms with Crippen molar-refractivity contribution in [2.75, 3.05) is 18.5 Å². The van der Waals surface area contributed by atoms with Crippen LogP contribution in [0.5, 0.6) is 5.75 Å². The molecular weight excluding hydrogens is 349 g/mol. The lowest BCUT2D eigenvalue weighted by molar-refractivity contribution is 0.114. The van der Waals surface area contributed by atoms with Gasteiger partial charge in [0.25, 0.3) is 0 Å². The summed E-state index contributed by atoms with van der Waals surface area (Å²) in [5.74, 6) is 0.636. The fraction of sp³-hybridized carbons (Fsp3) is 0.235. The van der Waals surface area contributed by atoms with Crippen molar-refractivity contribution in [2.24, 2.45) is 10.7 Å². The number of aryl methyl sites for hydroxylation is 1. The number of ether oxygens (including phenoxy) is 1. The second kappa shape index (κ2) is 8.78. The van der Waals surface area contributed by atoms with Crippen LogP contribution >= 0.6 is 23.2 Å². The van der Waals surface area contributed by atoms with Gasteiger partial charge in [-0.1, -0.05) is 47.0 Å². The second-order valence-electron chi connectivity index (χ2n) is 5.23. The van der Waals surface area contributed by atoms with Crippen LogP contribution in [0.1, 0.15) is 5.56 Å². The molecule has 2 aromatic carbocycles. The molecule has 0 heterocycles. The second-order valence-corrected chi connectivity index (χ2v) is 6.02. The lowest BCUT2D eigenvalue weighted by Gasteiger charge is -2.12. The van der Waals surface area contributed by atoms with Gasteiger partial charge in [0.05, 0.1) is 11.6 Å². The van der Waals surface area contributed by atoms with Crippen molar-refractivity contribution in [3.63, 3.8) is 0 Å². The number of hydrogen-bond acceptors (Lipinski definition) is 3. The maximum atomic E-state index is 9.93. The van der Waals surface area contributed by atoms with Gasteiger partial charge in [-0.25, -0.2) is 0 Å². The Labute approximate surface area is 151 Å². The van der Waals surface area contributed by atoms with Crippen LogP contribution < -0.4 is 15.8 Å². The zero-order chi connectivity index (χ0) is 17.5. The van der Waals surface area contributed by atoms with E-state index in [0.29, 0.717) is 15.8 Å². The van der Waals surface area contributed by atoms with Crippen molar-refractivity contribution in [1.82, 2.24) is 0 Å². The molecule has 0 aliphatic rings. The average molecular weight is 368 g/mol. The number of aliphatic hydroxyl groups excluding tert-OH is 1. The van der Waals surface area contributed by atoms with Gasteiger partial charge >= 0.3 is 0 Å². The number of guanidine groups is 1. The summed E-state index contributed by atoms with van der Waals surface area (Å²) in [6.45, 7) is 2.13. The third kappa shape index (κ3) is 5.60. The molecule has 0 bridgehead atoms. The summed E-state index contributed by atoms with van der Waals surface area (Å²) in [6.07, 6.45) is -0.821. The molecule has 0 spiro atoms. The molecule has 24 heavy (non-hydrogen) atoms. The number of anilines is 1. The van der Waals surface area contributed by atoms with Gasteiger partial charge in [0.2, 0.25) is 0 Å². The summed E-state index contributed by atoms with van der Waals surface area (Å²) in [5, 5.41) is 13.6. The van der Waals surface area contributed by atoms with Gasteiger partial charge in [-0.15, -0.1) is 0 Å². The van der Waals surface area contributed by atoms with Crippen molar-refractivity contribution < 1.29 is 9.84 Å². The summed E-state index contributed by atoms with van der Waals surface area (Å²) < 4.78 is 5.45. The van der Waals surface area contributed by atoms with Crippen molar-refractivity contribution in [1.29, 1.82) is 0 Å². The molecule has 1 atom stereocenters. The van der Waals surface area contributed by atoms with Crippen molar-refractivity contribution in [3.05, 3.63) is 58.1 Å². The smallest absolute Gasteiger partial charge is 0.193 e. The summed E-state index contributed by atoms with van der Waals surface area (Å²) >= 11 is 11.9. The molecule has 1 unspecified atom stereocenters. The van der Waals surface area contributed by atoms with E-state index in [1.165, 1.54) is 0 Å². The lowest BCUT2D eigenvalue weighted by atomic mass is 10.2. The SMILES string of the molecule is Cc1ccc(NC(N)=NCC(O)COc2cccc(Cl)c2Cl)cc1. The Hall–Kier alpha value is -1.95. The van der Waals surface area contributed by atoms with Gasteiger partial charge < -0.3 is 20.9 Å². The van der Waals surface area contributed by atoms with Crippen LogP contribution in [0.2, 0.25) is 10.0 Å². The highest BCUT2D eigenvalue weighted by molar-refractivity contribution is 6.42. The minimum absolute atomic E-state index is 0.0291. The van der Waals surface area contributed by atoms with E-state index < -0.39 is 6.10 Å². The summed E-state index contributed by atoms with van der Waals surface area (Å²) in [4.78, 5) is 4.09. The molecule has 0 aromatic heterocycles. The highest BCUT2D eigenvalue weighted by atomic mass is 35.5. The number of rotatable bonds is 6. The minimum atomic E-state index is -0.821. The summed E-state index contributed by atoms with van der Waals surface area (Å²) in [5.41, 5.74) is 7.78. The molecule has 2 aromatic rings. The van der Waals surface area contributed by atoms with E-state index in [4.69, 9.17) is 33.7 Å². The first-order valence-electron chi connectivity index (χ1n) is 7.34. The van der Waals surface area contributed by atoms with E-state index in [9.17, 15) is 5.11 Å². The predicted molar refractivity (Wildman–Crippen MR) is 99.3 cm³/mol. The van der Waals surface area contributed by atoms with E-state index in [1.807, 2.05) is 31.2 Å². The molecule has 5 nitrogen and oxygen atoms in total. The number of nitrogens with zero attached hydrogens (tertiary/aromatic N) is 1. The highest BCUT2D eigenvalue weighted by Gasteiger charge is 2.09. The number of halogens is 2. The number of benzene rings is 2. The number of aliphatic imine (C=N–C) groups is 1. The maximum absolute atomic E-state index is 9.93. The molecule has 0 radical (unpaired) electrons. The monoisotopic (exact) mass is 367 g/mol.